The summed E-state index contributed by atoms with van der Waals surface area (Å²) in [5.74, 6) is 1.55. The second-order valence-corrected chi connectivity index (χ2v) is 16.8. The van der Waals surface area contributed by atoms with Crippen LogP contribution in [0.25, 0.3) is 0 Å². The van der Waals surface area contributed by atoms with Crippen molar-refractivity contribution in [3.63, 3.8) is 0 Å². The lowest BCUT2D eigenvalue weighted by Crippen LogP contribution is -2.47. The molecule has 0 spiro atoms. The van der Waals surface area contributed by atoms with Crippen molar-refractivity contribution in [3.8, 4) is 17.2 Å². The second kappa shape index (κ2) is 29.1. The molecule has 1 saturated heterocycles. The lowest BCUT2D eigenvalue weighted by molar-refractivity contribution is 0.198. The smallest absolute Gasteiger partial charge is 0.490 e. The molecule has 12 nitrogen and oxygen atoms in total. The van der Waals surface area contributed by atoms with E-state index in [1.807, 2.05) is 12.1 Å². The molecule has 5 aromatic rings. The maximum absolute atomic E-state index is 12.3. The van der Waals surface area contributed by atoms with Gasteiger partial charge in [0.15, 0.2) is 0 Å². The van der Waals surface area contributed by atoms with Gasteiger partial charge < -0.3 is 29.0 Å². The van der Waals surface area contributed by atoms with Crippen LogP contribution in [-0.2, 0) is 4.74 Å². The predicted molar refractivity (Wildman–Crippen MR) is 251 cm³/mol. The molecule has 2 heterocycles. The second-order valence-electron chi connectivity index (χ2n) is 10.7. The van der Waals surface area contributed by atoms with Crippen molar-refractivity contribution in [3.05, 3.63) is 141 Å². The zero-order chi connectivity index (χ0) is 45.9. The minimum absolute atomic E-state index is 0.0847. The number of rotatable bonds is 4. The van der Waals surface area contributed by atoms with E-state index < -0.39 is 24.2 Å². The quantitative estimate of drug-likeness (QED) is 0.133. The summed E-state index contributed by atoms with van der Waals surface area (Å²) in [6.07, 6.45) is 2.56. The van der Waals surface area contributed by atoms with Crippen molar-refractivity contribution in [1.82, 2.24) is 12.3 Å². The van der Waals surface area contributed by atoms with Gasteiger partial charge in [-0.2, -0.15) is 0 Å². The van der Waals surface area contributed by atoms with Crippen LogP contribution in [-0.4, -0.2) is 64.0 Å². The molecule has 0 amide bonds. The third-order valence-corrected chi connectivity index (χ3v) is 11.2. The van der Waals surface area contributed by atoms with Gasteiger partial charge in [0.1, 0.15) is 23.1 Å². The van der Waals surface area contributed by atoms with Gasteiger partial charge in [-0.25, -0.2) is 18.8 Å². The van der Waals surface area contributed by atoms with Gasteiger partial charge in [-0.3, -0.25) is 0 Å². The van der Waals surface area contributed by atoms with E-state index in [1.165, 1.54) is 44.2 Å². The Morgan fingerprint density at radius 2 is 1.00 bits per heavy atom. The predicted octanol–water partition coefficient (Wildman–Crippen LogP) is 10.8. The maximum atomic E-state index is 12.3. The molecular weight excluding hydrogens is 1180 g/mol. The lowest BCUT2D eigenvalue weighted by atomic mass is 9.80. The molecule has 1 aliphatic rings. The van der Waals surface area contributed by atoms with Crippen LogP contribution in [0.4, 0.5) is 4.39 Å². The summed E-state index contributed by atoms with van der Waals surface area (Å²) in [5, 5.41) is 20.2. The SMILES string of the molecule is C1CCOC1.COc1cc(Cl)c(Cl)c(B(O)O)c1.COc1cc(Cl)c(Cl)c(Br)c1.COc1cc(Cl)cc(Br)c1.Fc1cc(Cl)cc(Br)c1.O=c1n(Cl)c(=O)n(Cl)c(=O)n1Cl. The number of aromatic nitrogens is 3. The summed E-state index contributed by atoms with van der Waals surface area (Å²) >= 11 is 59.1. The Hall–Kier alpha value is -1.39. The van der Waals surface area contributed by atoms with E-state index >= 15 is 0 Å². The molecule has 2 N–H and O–H groups in total. The Balaban J connectivity index is 0.000000366. The van der Waals surface area contributed by atoms with Gasteiger partial charge in [0, 0.05) is 89.6 Å². The van der Waals surface area contributed by atoms with Crippen LogP contribution in [0, 0.1) is 5.82 Å². The highest BCUT2D eigenvalue weighted by Gasteiger charge is 2.18. The van der Waals surface area contributed by atoms with E-state index in [2.05, 4.69) is 47.8 Å². The topological polar surface area (TPSA) is 143 Å². The van der Waals surface area contributed by atoms with Crippen LogP contribution in [0.3, 0.4) is 0 Å². The van der Waals surface area contributed by atoms with Gasteiger partial charge in [-0.05, 0) is 77.3 Å². The van der Waals surface area contributed by atoms with E-state index in [-0.39, 0.29) is 33.6 Å². The summed E-state index contributed by atoms with van der Waals surface area (Å²) in [4.78, 5) is 32.3. The number of ether oxygens (including phenoxy) is 4. The Kier molecular flexibility index (Phi) is 27.5. The van der Waals surface area contributed by atoms with Gasteiger partial charge >= 0.3 is 24.2 Å². The summed E-state index contributed by atoms with van der Waals surface area (Å²) in [6.45, 7) is 2.00. The van der Waals surface area contributed by atoms with E-state index in [1.54, 1.807) is 38.5 Å². The summed E-state index contributed by atoms with van der Waals surface area (Å²) < 4.78 is 34.6. The first-order valence-electron chi connectivity index (χ1n) is 15.8. The number of nitrogens with zero attached hydrogens (tertiary/aromatic N) is 3. The van der Waals surface area contributed by atoms with E-state index in [0.717, 1.165) is 27.9 Å². The summed E-state index contributed by atoms with van der Waals surface area (Å²) in [7, 11) is 2.98. The van der Waals surface area contributed by atoms with Crippen molar-refractivity contribution in [1.29, 1.82) is 0 Å². The lowest BCUT2D eigenvalue weighted by Gasteiger charge is -2.07. The number of benzene rings is 4. The highest BCUT2D eigenvalue weighted by molar-refractivity contribution is 9.11. The fourth-order valence-electron chi connectivity index (χ4n) is 3.69. The zero-order valence-electron chi connectivity index (χ0n) is 30.7. The monoisotopic (exact) mass is 1200 g/mol. The van der Waals surface area contributed by atoms with Crippen LogP contribution in [0.1, 0.15) is 12.8 Å². The van der Waals surface area contributed by atoms with Crippen molar-refractivity contribution < 1.29 is 33.4 Å². The molecule has 6 rings (SSSR count). The third-order valence-electron chi connectivity index (χ3n) is 6.47. The fourth-order valence-corrected chi connectivity index (χ4v) is 7.21. The summed E-state index contributed by atoms with van der Waals surface area (Å²) in [5.41, 5.74) is -3.35. The molecule has 0 bridgehead atoms. The number of hydrogen-bond acceptors (Lipinski definition) is 9. The minimum Gasteiger partial charge on any atom is -0.497 e. The summed E-state index contributed by atoms with van der Waals surface area (Å²) in [6, 6.07) is 16.0. The average Bonchev–Trinajstić information content (AvgIpc) is 3.79. The first kappa shape index (κ1) is 56.6. The number of halogens is 13. The normalized spacial score (nSPS) is 11.0. The third kappa shape index (κ3) is 20.0. The van der Waals surface area contributed by atoms with Gasteiger partial charge in [-0.1, -0.05) is 101 Å². The van der Waals surface area contributed by atoms with Crippen LogP contribution < -0.4 is 36.7 Å². The van der Waals surface area contributed by atoms with Crippen LogP contribution in [0.5, 0.6) is 17.2 Å². The van der Waals surface area contributed by atoms with Crippen molar-refractivity contribution in [2.24, 2.45) is 0 Å². The van der Waals surface area contributed by atoms with Gasteiger partial charge in [-0.15, -0.1) is 12.3 Å². The Morgan fingerprint density at radius 1 is 0.600 bits per heavy atom. The molecule has 0 radical (unpaired) electrons. The highest BCUT2D eigenvalue weighted by atomic mass is 79.9. The molecule has 0 saturated carbocycles. The Labute approximate surface area is 413 Å². The molecule has 1 aliphatic heterocycles. The largest absolute Gasteiger partial charge is 0.497 e. The average molecular weight is 1210 g/mol. The molecule has 0 unspecified atom stereocenters. The van der Waals surface area contributed by atoms with E-state index in [0.29, 0.717) is 36.1 Å². The van der Waals surface area contributed by atoms with E-state index in [4.69, 9.17) is 134 Å². The van der Waals surface area contributed by atoms with Crippen LogP contribution in [0.2, 0.25) is 30.1 Å². The standard InChI is InChI=1S/C7H7BCl2O3.C7H5BrCl2O.C7H6BrClO.C6H3BrClF.C4H8O.C3Cl3N3O3/c1-13-4-2-5(8(11)12)7(10)6(9)3-4;1-11-4-2-5(8)7(10)6(9)3-4;1-10-7-3-5(8)2-6(9)4-7;7-4-1-5(8)3-6(9)2-4;1-2-4-5-3-1;4-7-1(10)8(5)3(12)9(6)2(7)11/h2-3,11-12H,1H3;2-3H,1H3;2-4H,1H3;1-3H;1-4H2;. The first-order valence-corrected chi connectivity index (χ1v) is 21.5. The van der Waals surface area contributed by atoms with Gasteiger partial charge in [0.25, 0.3) is 0 Å². The minimum atomic E-state index is -1.65. The molecule has 26 heteroatoms. The van der Waals surface area contributed by atoms with E-state index in [9.17, 15) is 18.8 Å². The first-order chi connectivity index (χ1) is 28.1. The highest BCUT2D eigenvalue weighted by Crippen LogP contribution is 2.34. The van der Waals surface area contributed by atoms with Crippen molar-refractivity contribution >= 4 is 165 Å². The molecule has 4 aromatic carbocycles. The van der Waals surface area contributed by atoms with Gasteiger partial charge in [0.2, 0.25) is 0 Å². The van der Waals surface area contributed by atoms with Crippen LogP contribution in [0.15, 0.2) is 88.5 Å². The zero-order valence-corrected chi connectivity index (χ0v) is 42.2. The fraction of sp³-hybridized carbons (Fsp3) is 0.206. The molecular formula is C34H29BBr3Cl9FN3O9. The Bertz CT molecular complexity index is 2160. The van der Waals surface area contributed by atoms with Gasteiger partial charge in [0.05, 0.1) is 41.4 Å². The molecule has 0 aliphatic carbocycles. The Morgan fingerprint density at radius 3 is 1.35 bits per heavy atom. The molecule has 1 aromatic heterocycles. The molecule has 1 fully saturated rings. The van der Waals surface area contributed by atoms with Crippen molar-refractivity contribution in [2.45, 2.75) is 12.8 Å². The van der Waals surface area contributed by atoms with Crippen molar-refractivity contribution in [2.75, 3.05) is 34.5 Å². The number of methoxy groups -OCH3 is 3. The maximum Gasteiger partial charge on any atom is 0.490 e. The molecule has 60 heavy (non-hydrogen) atoms. The molecule has 328 valence electrons. The number of hydrogen-bond donors (Lipinski definition) is 2. The van der Waals surface area contributed by atoms with Crippen LogP contribution >= 0.6 is 153 Å². The molecule has 0 atom stereocenters.